The lowest BCUT2D eigenvalue weighted by Crippen LogP contribution is -2.42. The van der Waals surface area contributed by atoms with Crippen LogP contribution >= 0.6 is 0 Å². The highest BCUT2D eigenvalue weighted by atomic mass is 16.2. The Hall–Kier alpha value is -4.07. The van der Waals surface area contributed by atoms with Crippen LogP contribution in [0.15, 0.2) is 66.0 Å². The predicted octanol–water partition coefficient (Wildman–Crippen LogP) is 4.96. The summed E-state index contributed by atoms with van der Waals surface area (Å²) in [5.41, 5.74) is 5.84. The Kier molecular flexibility index (Phi) is 6.52. The van der Waals surface area contributed by atoms with Crippen molar-refractivity contribution in [2.45, 2.75) is 38.6 Å². The number of aliphatic imine (C=N–C) groups is 1. The molecule has 0 saturated heterocycles. The molecule has 0 unspecified atom stereocenters. The first-order chi connectivity index (χ1) is 17.1. The topological polar surface area (TPSA) is 96.6 Å². The zero-order valence-corrected chi connectivity index (χ0v) is 20.0. The minimum absolute atomic E-state index is 0.119. The van der Waals surface area contributed by atoms with Gasteiger partial charge in [-0.3, -0.25) is 4.40 Å². The fraction of sp³-hybridized carbons (Fsp3) is 0.296. The molecule has 0 bridgehead atoms. The lowest BCUT2D eigenvalue weighted by atomic mass is 9.87. The molecule has 178 valence electrons. The summed E-state index contributed by atoms with van der Waals surface area (Å²) in [6, 6.07) is 14.5. The maximum absolute atomic E-state index is 11.5. The summed E-state index contributed by atoms with van der Waals surface area (Å²) in [5, 5.41) is 5.61. The number of hydrogen-bond donors (Lipinski definition) is 2. The van der Waals surface area contributed by atoms with Gasteiger partial charge in [0.15, 0.2) is 0 Å². The van der Waals surface area contributed by atoms with Gasteiger partial charge < -0.3 is 10.6 Å². The minimum atomic E-state index is -0.119. The number of carbonyl (C=O) groups is 1. The van der Waals surface area contributed by atoms with Gasteiger partial charge in [0.05, 0.1) is 17.6 Å². The van der Waals surface area contributed by atoms with Crippen molar-refractivity contribution in [1.82, 2.24) is 30.0 Å². The maximum Gasteiger partial charge on any atom is 0.314 e. The van der Waals surface area contributed by atoms with Gasteiger partial charge in [-0.05, 0) is 67.3 Å². The smallest absolute Gasteiger partial charge is 0.314 e. The number of fused-ring (bicyclic) bond motifs is 1. The number of carbonyl (C=O) groups excluding carboxylic acids is 1. The average molecular weight is 468 g/mol. The second-order valence-corrected chi connectivity index (χ2v) is 8.97. The molecule has 1 aliphatic carbocycles. The number of aryl methyl sites for hydroxylation is 1. The van der Waals surface area contributed by atoms with Crippen LogP contribution in [0.2, 0.25) is 0 Å². The number of aromatic nitrogens is 4. The number of nitrogens with one attached hydrogen (secondary N) is 2. The molecular formula is C27H29N7O. The van der Waals surface area contributed by atoms with E-state index in [1.807, 2.05) is 49.8 Å². The summed E-state index contributed by atoms with van der Waals surface area (Å²) in [4.78, 5) is 29.9. The molecule has 3 heterocycles. The number of benzene rings is 1. The van der Waals surface area contributed by atoms with Crippen molar-refractivity contribution in [1.29, 1.82) is 0 Å². The van der Waals surface area contributed by atoms with Crippen LogP contribution in [-0.4, -0.2) is 44.7 Å². The zero-order valence-electron chi connectivity index (χ0n) is 20.0. The molecule has 1 saturated carbocycles. The average Bonchev–Trinajstić information content (AvgIpc) is 3.32. The molecule has 1 fully saturated rings. The van der Waals surface area contributed by atoms with Gasteiger partial charge in [-0.2, -0.15) is 0 Å². The summed E-state index contributed by atoms with van der Waals surface area (Å²) in [6.45, 7) is 2.00. The monoisotopic (exact) mass is 467 g/mol. The first-order valence-electron chi connectivity index (χ1n) is 12.0. The van der Waals surface area contributed by atoms with E-state index in [0.717, 1.165) is 59.4 Å². The van der Waals surface area contributed by atoms with Crippen molar-refractivity contribution in [2.24, 2.45) is 10.9 Å². The molecule has 8 heteroatoms. The van der Waals surface area contributed by atoms with Gasteiger partial charge in [-0.1, -0.05) is 30.3 Å². The molecule has 5 rings (SSSR count). The van der Waals surface area contributed by atoms with Crippen LogP contribution < -0.4 is 10.6 Å². The van der Waals surface area contributed by atoms with Crippen molar-refractivity contribution in [3.8, 4) is 22.5 Å². The van der Waals surface area contributed by atoms with Crippen molar-refractivity contribution in [3.05, 3.63) is 66.6 Å². The molecule has 8 nitrogen and oxygen atoms in total. The molecule has 3 aromatic heterocycles. The SMILES string of the molecule is CNC(=O)NC1CCC(/C=N/c2ncc(C)c(-c3cnc4ccc(-c5ccccc5)cn34)n2)CC1. The van der Waals surface area contributed by atoms with Gasteiger partial charge in [0.25, 0.3) is 0 Å². The quantitative estimate of drug-likeness (QED) is 0.406. The molecule has 4 aromatic rings. The molecule has 0 spiro atoms. The minimum Gasteiger partial charge on any atom is -0.341 e. The van der Waals surface area contributed by atoms with E-state index in [0.29, 0.717) is 11.9 Å². The van der Waals surface area contributed by atoms with Gasteiger partial charge in [-0.25, -0.2) is 24.7 Å². The van der Waals surface area contributed by atoms with E-state index >= 15 is 0 Å². The Morgan fingerprint density at radius 1 is 1.03 bits per heavy atom. The molecule has 1 aromatic carbocycles. The molecule has 0 aliphatic heterocycles. The van der Waals surface area contributed by atoms with Gasteiger partial charge in [-0.15, -0.1) is 0 Å². The summed E-state index contributed by atoms with van der Waals surface area (Å²) in [6.07, 6.45) is 11.6. The number of nitrogens with zero attached hydrogens (tertiary/aromatic N) is 5. The Bertz CT molecular complexity index is 1350. The molecule has 1 aliphatic rings. The Labute approximate surface area is 204 Å². The zero-order chi connectivity index (χ0) is 24.2. The summed E-state index contributed by atoms with van der Waals surface area (Å²) in [7, 11) is 1.64. The number of amides is 2. The molecular weight excluding hydrogens is 438 g/mol. The van der Waals surface area contributed by atoms with Crippen LogP contribution in [0.1, 0.15) is 31.2 Å². The molecule has 35 heavy (non-hydrogen) atoms. The van der Waals surface area contributed by atoms with E-state index in [1.165, 1.54) is 0 Å². The van der Waals surface area contributed by atoms with Crippen molar-refractivity contribution in [2.75, 3.05) is 7.05 Å². The number of hydrogen-bond acceptors (Lipinski definition) is 5. The van der Waals surface area contributed by atoms with Crippen LogP contribution in [0, 0.1) is 12.8 Å². The third-order valence-electron chi connectivity index (χ3n) is 6.55. The highest BCUT2D eigenvalue weighted by Gasteiger charge is 2.21. The molecule has 2 N–H and O–H groups in total. The van der Waals surface area contributed by atoms with Crippen LogP contribution in [0.5, 0.6) is 0 Å². The van der Waals surface area contributed by atoms with Gasteiger partial charge in [0.2, 0.25) is 5.95 Å². The number of rotatable bonds is 5. The van der Waals surface area contributed by atoms with Crippen molar-refractivity contribution >= 4 is 23.8 Å². The first kappa shape index (κ1) is 22.7. The standard InChI is InChI=1S/C27H29N7O/c1-18-14-30-26(31-15-19-8-11-22(12-9-19)32-27(35)28-2)33-25(18)23-16-29-24-13-10-21(17-34(23)24)20-6-4-3-5-7-20/h3-7,10,13-17,19,22H,8-9,11-12H2,1-2H3,(H2,28,32,35)/b31-15+. The van der Waals surface area contributed by atoms with Gasteiger partial charge in [0, 0.05) is 31.7 Å². The van der Waals surface area contributed by atoms with Crippen LogP contribution in [-0.2, 0) is 0 Å². The number of pyridine rings is 1. The Morgan fingerprint density at radius 3 is 2.60 bits per heavy atom. The first-order valence-corrected chi connectivity index (χ1v) is 12.0. The maximum atomic E-state index is 11.5. The van der Waals surface area contributed by atoms with E-state index in [-0.39, 0.29) is 12.1 Å². The number of urea groups is 1. The third kappa shape index (κ3) is 5.06. The van der Waals surface area contributed by atoms with E-state index in [9.17, 15) is 4.79 Å². The largest absolute Gasteiger partial charge is 0.341 e. The highest BCUT2D eigenvalue weighted by Crippen LogP contribution is 2.27. The lowest BCUT2D eigenvalue weighted by Gasteiger charge is -2.26. The van der Waals surface area contributed by atoms with Crippen LogP contribution in [0.4, 0.5) is 10.7 Å². The van der Waals surface area contributed by atoms with Gasteiger partial charge >= 0.3 is 6.03 Å². The van der Waals surface area contributed by atoms with Gasteiger partial charge in [0.1, 0.15) is 5.65 Å². The Morgan fingerprint density at radius 2 is 1.83 bits per heavy atom. The van der Waals surface area contributed by atoms with Crippen molar-refractivity contribution in [3.63, 3.8) is 0 Å². The summed E-state index contributed by atoms with van der Waals surface area (Å²) < 4.78 is 2.08. The fourth-order valence-electron chi connectivity index (χ4n) is 4.55. The van der Waals surface area contributed by atoms with E-state index < -0.39 is 0 Å². The Balaban J connectivity index is 1.36. The molecule has 2 amide bonds. The normalized spacial score (nSPS) is 18.1. The van der Waals surface area contributed by atoms with Crippen LogP contribution in [0.3, 0.4) is 0 Å². The van der Waals surface area contributed by atoms with E-state index in [1.54, 1.807) is 7.05 Å². The summed E-state index contributed by atoms with van der Waals surface area (Å²) >= 11 is 0. The predicted molar refractivity (Wildman–Crippen MR) is 138 cm³/mol. The number of imidazole rings is 1. The molecule has 0 radical (unpaired) electrons. The second kappa shape index (κ2) is 10.0. The van der Waals surface area contributed by atoms with Crippen LogP contribution in [0.25, 0.3) is 28.2 Å². The lowest BCUT2D eigenvalue weighted by molar-refractivity contribution is 0.233. The third-order valence-corrected chi connectivity index (χ3v) is 6.55. The van der Waals surface area contributed by atoms with E-state index in [2.05, 4.69) is 54.4 Å². The highest BCUT2D eigenvalue weighted by molar-refractivity contribution is 5.74. The summed E-state index contributed by atoms with van der Waals surface area (Å²) in [5.74, 6) is 0.806. The fourth-order valence-corrected chi connectivity index (χ4v) is 4.55. The van der Waals surface area contributed by atoms with Crippen molar-refractivity contribution < 1.29 is 4.79 Å². The second-order valence-electron chi connectivity index (χ2n) is 8.97. The molecule has 0 atom stereocenters. The van der Waals surface area contributed by atoms with E-state index in [4.69, 9.17) is 4.98 Å².